The lowest BCUT2D eigenvalue weighted by molar-refractivity contribution is -0.119. The van der Waals surface area contributed by atoms with E-state index in [2.05, 4.69) is 15.9 Å². The van der Waals surface area contributed by atoms with Gasteiger partial charge in [0.25, 0.3) is 0 Å². The molecule has 0 radical (unpaired) electrons. The first-order chi connectivity index (χ1) is 6.18. The summed E-state index contributed by atoms with van der Waals surface area (Å²) in [5, 5.41) is 0. The number of halogens is 1. The summed E-state index contributed by atoms with van der Waals surface area (Å²) in [7, 11) is 0. The van der Waals surface area contributed by atoms with Crippen LogP contribution in [0, 0.1) is 5.92 Å². The molecule has 1 aliphatic carbocycles. The number of hydrogen-bond acceptors (Lipinski definition) is 1. The fraction of sp³-hybridized carbons (Fsp3) is 0.300. The topological polar surface area (TPSA) is 43.1 Å². The van der Waals surface area contributed by atoms with Crippen LogP contribution in [0.15, 0.2) is 28.7 Å². The normalized spacial score (nSPS) is 25.6. The van der Waals surface area contributed by atoms with E-state index in [-0.39, 0.29) is 11.8 Å². The number of carbonyl (C=O) groups excluding carboxylic acids is 1. The van der Waals surface area contributed by atoms with Crippen LogP contribution < -0.4 is 5.73 Å². The summed E-state index contributed by atoms with van der Waals surface area (Å²) in [6, 6.07) is 8.06. The van der Waals surface area contributed by atoms with Crippen LogP contribution in [-0.2, 0) is 4.79 Å². The molecule has 13 heavy (non-hydrogen) atoms. The number of rotatable bonds is 2. The van der Waals surface area contributed by atoms with Gasteiger partial charge in [0.15, 0.2) is 0 Å². The van der Waals surface area contributed by atoms with Crippen molar-refractivity contribution in [3.8, 4) is 0 Å². The maximum absolute atomic E-state index is 10.8. The van der Waals surface area contributed by atoms with Gasteiger partial charge in [0, 0.05) is 10.4 Å². The van der Waals surface area contributed by atoms with E-state index >= 15 is 0 Å². The molecule has 1 aromatic rings. The Morgan fingerprint density at radius 3 is 2.46 bits per heavy atom. The molecular weight excluding hydrogens is 230 g/mol. The van der Waals surface area contributed by atoms with E-state index < -0.39 is 0 Å². The van der Waals surface area contributed by atoms with Crippen LogP contribution in [-0.4, -0.2) is 5.91 Å². The molecule has 1 saturated carbocycles. The summed E-state index contributed by atoms with van der Waals surface area (Å²) < 4.78 is 1.06. The molecule has 0 aromatic heterocycles. The van der Waals surface area contributed by atoms with Gasteiger partial charge < -0.3 is 5.73 Å². The Morgan fingerprint density at radius 2 is 2.00 bits per heavy atom. The molecule has 2 N–H and O–H groups in total. The highest BCUT2D eigenvalue weighted by Gasteiger charge is 2.42. The average Bonchev–Trinajstić information content (AvgIpc) is 2.85. The van der Waals surface area contributed by atoms with E-state index in [0.29, 0.717) is 5.92 Å². The fourth-order valence-electron chi connectivity index (χ4n) is 1.59. The van der Waals surface area contributed by atoms with Gasteiger partial charge in [-0.15, -0.1) is 0 Å². The van der Waals surface area contributed by atoms with Crippen LogP contribution in [0.25, 0.3) is 0 Å². The average molecular weight is 240 g/mol. The molecular formula is C10H10BrNO. The van der Waals surface area contributed by atoms with Crippen molar-refractivity contribution in [2.45, 2.75) is 12.3 Å². The minimum atomic E-state index is -0.173. The van der Waals surface area contributed by atoms with Crippen molar-refractivity contribution in [1.82, 2.24) is 0 Å². The van der Waals surface area contributed by atoms with E-state index in [0.717, 1.165) is 10.9 Å². The lowest BCUT2D eigenvalue weighted by Crippen LogP contribution is -2.13. The highest BCUT2D eigenvalue weighted by molar-refractivity contribution is 9.10. The lowest BCUT2D eigenvalue weighted by Gasteiger charge is -1.98. The van der Waals surface area contributed by atoms with Gasteiger partial charge >= 0.3 is 0 Å². The molecule has 0 unspecified atom stereocenters. The van der Waals surface area contributed by atoms with Gasteiger partial charge in [-0.1, -0.05) is 28.1 Å². The van der Waals surface area contributed by atoms with E-state index in [1.54, 1.807) is 0 Å². The minimum Gasteiger partial charge on any atom is -0.369 e. The molecule has 3 heteroatoms. The van der Waals surface area contributed by atoms with Gasteiger partial charge in [-0.2, -0.15) is 0 Å². The number of nitrogens with two attached hydrogens (primary N) is 1. The fourth-order valence-corrected chi connectivity index (χ4v) is 1.85. The van der Waals surface area contributed by atoms with Crippen molar-refractivity contribution >= 4 is 21.8 Å². The van der Waals surface area contributed by atoms with Crippen molar-refractivity contribution in [1.29, 1.82) is 0 Å². The minimum absolute atomic E-state index is 0.0705. The second-order valence-corrected chi connectivity index (χ2v) is 4.32. The Balaban J connectivity index is 2.12. The third-order valence-corrected chi connectivity index (χ3v) is 2.98. The molecule has 0 spiro atoms. The Bertz CT molecular complexity index is 333. The number of carbonyl (C=O) groups is 1. The lowest BCUT2D eigenvalue weighted by atomic mass is 10.1. The zero-order chi connectivity index (χ0) is 9.42. The third kappa shape index (κ3) is 1.75. The molecule has 2 atom stereocenters. The Kier molecular flexibility index (Phi) is 2.12. The Hall–Kier alpha value is -0.830. The summed E-state index contributed by atoms with van der Waals surface area (Å²) in [6.07, 6.45) is 0.914. The molecule has 1 aromatic carbocycles. The second kappa shape index (κ2) is 3.14. The van der Waals surface area contributed by atoms with Crippen LogP contribution >= 0.6 is 15.9 Å². The first-order valence-electron chi connectivity index (χ1n) is 4.23. The molecule has 0 aliphatic heterocycles. The molecule has 0 heterocycles. The van der Waals surface area contributed by atoms with Crippen molar-refractivity contribution in [2.75, 3.05) is 0 Å². The van der Waals surface area contributed by atoms with Crippen LogP contribution in [0.4, 0.5) is 0 Å². The van der Waals surface area contributed by atoms with Crippen LogP contribution in [0.1, 0.15) is 17.9 Å². The third-order valence-electron chi connectivity index (χ3n) is 2.45. The summed E-state index contributed by atoms with van der Waals surface area (Å²) in [5.74, 6) is 0.264. The van der Waals surface area contributed by atoms with Gasteiger partial charge in [0.05, 0.1) is 0 Å². The highest BCUT2D eigenvalue weighted by atomic mass is 79.9. The van der Waals surface area contributed by atoms with Crippen molar-refractivity contribution in [3.63, 3.8) is 0 Å². The maximum atomic E-state index is 10.8. The predicted molar refractivity (Wildman–Crippen MR) is 54.2 cm³/mol. The molecule has 1 aliphatic rings. The second-order valence-electron chi connectivity index (χ2n) is 3.40. The van der Waals surface area contributed by atoms with E-state index in [9.17, 15) is 4.79 Å². The molecule has 0 bridgehead atoms. The van der Waals surface area contributed by atoms with Gasteiger partial charge in [-0.25, -0.2) is 0 Å². The van der Waals surface area contributed by atoms with Gasteiger partial charge in [-0.05, 0) is 30.0 Å². The summed E-state index contributed by atoms with van der Waals surface area (Å²) in [6.45, 7) is 0. The van der Waals surface area contributed by atoms with Gasteiger partial charge in [0.1, 0.15) is 0 Å². The molecule has 68 valence electrons. The molecule has 0 saturated heterocycles. The molecule has 1 amide bonds. The largest absolute Gasteiger partial charge is 0.369 e. The van der Waals surface area contributed by atoms with Crippen molar-refractivity contribution in [2.24, 2.45) is 11.7 Å². The number of hydrogen-bond donors (Lipinski definition) is 1. The predicted octanol–water partition coefficient (Wildman–Crippen LogP) is 2.04. The van der Waals surface area contributed by atoms with Crippen molar-refractivity contribution in [3.05, 3.63) is 34.3 Å². The number of benzene rings is 1. The van der Waals surface area contributed by atoms with Gasteiger partial charge in [-0.3, -0.25) is 4.79 Å². The SMILES string of the molecule is NC(=O)[C@H]1C[C@@H]1c1ccc(Br)cc1. The van der Waals surface area contributed by atoms with Crippen LogP contribution in [0.5, 0.6) is 0 Å². The first kappa shape index (κ1) is 8.75. The monoisotopic (exact) mass is 239 g/mol. The van der Waals surface area contributed by atoms with Crippen LogP contribution in [0.2, 0.25) is 0 Å². The number of primary amides is 1. The standard InChI is InChI=1S/C10H10BrNO/c11-7-3-1-6(2-4-7)8-5-9(8)10(12)13/h1-4,8-9H,5H2,(H2,12,13)/t8-,9+/m1/s1. The van der Waals surface area contributed by atoms with E-state index in [1.807, 2.05) is 24.3 Å². The van der Waals surface area contributed by atoms with E-state index in [4.69, 9.17) is 5.73 Å². The smallest absolute Gasteiger partial charge is 0.221 e. The van der Waals surface area contributed by atoms with Crippen LogP contribution in [0.3, 0.4) is 0 Å². The molecule has 2 rings (SSSR count). The first-order valence-corrected chi connectivity index (χ1v) is 5.02. The summed E-state index contributed by atoms with van der Waals surface area (Å²) >= 11 is 3.37. The van der Waals surface area contributed by atoms with Crippen molar-refractivity contribution < 1.29 is 4.79 Å². The molecule has 1 fully saturated rings. The van der Waals surface area contributed by atoms with Gasteiger partial charge in [0.2, 0.25) is 5.91 Å². The maximum Gasteiger partial charge on any atom is 0.221 e. The zero-order valence-corrected chi connectivity index (χ0v) is 8.62. The Labute approximate surface area is 85.3 Å². The molecule has 2 nitrogen and oxygen atoms in total. The zero-order valence-electron chi connectivity index (χ0n) is 7.03. The summed E-state index contributed by atoms with van der Waals surface area (Å²) in [5.41, 5.74) is 6.42. The highest BCUT2D eigenvalue weighted by Crippen LogP contribution is 2.47. The Morgan fingerprint density at radius 1 is 1.38 bits per heavy atom. The van der Waals surface area contributed by atoms with E-state index in [1.165, 1.54) is 5.56 Å². The number of amides is 1. The quantitative estimate of drug-likeness (QED) is 0.844. The summed E-state index contributed by atoms with van der Waals surface area (Å²) in [4.78, 5) is 10.8.